The quantitative estimate of drug-likeness (QED) is 0.719. The maximum absolute atomic E-state index is 11.9. The summed E-state index contributed by atoms with van der Waals surface area (Å²) in [4.78, 5) is 13.6. The largest absolute Gasteiger partial charge is 0.483 e. The predicted octanol–water partition coefficient (Wildman–Crippen LogP) is 2.42. The molecule has 0 bridgehead atoms. The topological polar surface area (TPSA) is 63.7 Å². The van der Waals surface area contributed by atoms with Gasteiger partial charge in [0.25, 0.3) is 15.0 Å². The molecule has 1 aromatic carbocycles. The number of likely N-dealkylation sites (N-methyl/N-ethyl adjacent to an activating group) is 1. The van der Waals surface area contributed by atoms with E-state index in [4.69, 9.17) is 15.4 Å². The van der Waals surface area contributed by atoms with Crippen molar-refractivity contribution in [1.29, 1.82) is 0 Å². The lowest BCUT2D eigenvalue weighted by molar-refractivity contribution is -0.132. The van der Waals surface area contributed by atoms with Crippen LogP contribution in [0.4, 0.5) is 0 Å². The van der Waals surface area contributed by atoms with Gasteiger partial charge in [0.05, 0.1) is 4.90 Å². The fourth-order valence-electron chi connectivity index (χ4n) is 1.93. The minimum atomic E-state index is -3.76. The maximum atomic E-state index is 11.9. The summed E-state index contributed by atoms with van der Waals surface area (Å²) in [6, 6.07) is 4.38. The lowest BCUT2D eigenvalue weighted by atomic mass is 10.1. The van der Waals surface area contributed by atoms with Crippen molar-refractivity contribution in [3.63, 3.8) is 0 Å². The summed E-state index contributed by atoms with van der Waals surface area (Å²) in [6.45, 7) is 6.87. The van der Waals surface area contributed by atoms with Crippen molar-refractivity contribution in [2.75, 3.05) is 19.7 Å². The molecule has 0 atom stereocenters. The van der Waals surface area contributed by atoms with Crippen LogP contribution in [0.3, 0.4) is 0 Å². The number of hydrogen-bond acceptors (Lipinski definition) is 4. The van der Waals surface area contributed by atoms with Gasteiger partial charge >= 0.3 is 0 Å². The molecule has 0 fully saturated rings. The van der Waals surface area contributed by atoms with E-state index in [1.807, 2.05) is 20.8 Å². The van der Waals surface area contributed by atoms with Gasteiger partial charge in [0, 0.05) is 23.8 Å². The molecule has 0 aromatic heterocycles. The van der Waals surface area contributed by atoms with Crippen LogP contribution in [0, 0.1) is 0 Å². The highest BCUT2D eigenvalue weighted by Gasteiger charge is 2.15. The first kappa shape index (κ1) is 17.8. The number of amides is 1. The molecular formula is C14H20ClNO4S. The van der Waals surface area contributed by atoms with E-state index in [0.29, 0.717) is 30.8 Å². The molecule has 21 heavy (non-hydrogen) atoms. The van der Waals surface area contributed by atoms with Gasteiger partial charge in [-0.15, -0.1) is 0 Å². The summed E-state index contributed by atoms with van der Waals surface area (Å²) in [5.41, 5.74) is 0.698. The Hall–Kier alpha value is -1.27. The van der Waals surface area contributed by atoms with Crippen LogP contribution in [0.15, 0.2) is 23.1 Å². The smallest absolute Gasteiger partial charge is 0.261 e. The zero-order chi connectivity index (χ0) is 16.0. The highest BCUT2D eigenvalue weighted by Crippen LogP contribution is 2.25. The lowest BCUT2D eigenvalue weighted by Gasteiger charge is -2.19. The highest BCUT2D eigenvalue weighted by atomic mass is 35.7. The number of aryl methyl sites for hydroxylation is 1. The van der Waals surface area contributed by atoms with Gasteiger partial charge in [-0.05, 0) is 44.0 Å². The molecule has 0 aliphatic rings. The third-order valence-electron chi connectivity index (χ3n) is 3.16. The normalized spacial score (nSPS) is 11.2. The Morgan fingerprint density at radius 3 is 2.33 bits per heavy atom. The van der Waals surface area contributed by atoms with E-state index in [1.165, 1.54) is 18.2 Å². The van der Waals surface area contributed by atoms with Gasteiger partial charge in [-0.25, -0.2) is 8.42 Å². The molecule has 0 spiro atoms. The second kappa shape index (κ2) is 7.66. The number of carbonyl (C=O) groups excluding carboxylic acids is 1. The minimum Gasteiger partial charge on any atom is -0.483 e. The highest BCUT2D eigenvalue weighted by molar-refractivity contribution is 8.13. The molecule has 0 N–H and O–H groups in total. The van der Waals surface area contributed by atoms with Crippen LogP contribution < -0.4 is 4.74 Å². The van der Waals surface area contributed by atoms with Crippen LogP contribution in [0.5, 0.6) is 5.75 Å². The molecule has 0 heterocycles. The van der Waals surface area contributed by atoms with Crippen molar-refractivity contribution in [1.82, 2.24) is 4.90 Å². The first-order chi connectivity index (χ1) is 9.83. The van der Waals surface area contributed by atoms with E-state index in [2.05, 4.69) is 0 Å². The van der Waals surface area contributed by atoms with E-state index < -0.39 is 9.05 Å². The SMILES string of the molecule is CCc1cc(S(=O)(=O)Cl)ccc1OCC(=O)N(CC)CC. The average molecular weight is 334 g/mol. The van der Waals surface area contributed by atoms with Gasteiger partial charge in [-0.3, -0.25) is 4.79 Å². The van der Waals surface area contributed by atoms with Gasteiger partial charge in [-0.2, -0.15) is 0 Å². The number of benzene rings is 1. The lowest BCUT2D eigenvalue weighted by Crippen LogP contribution is -2.34. The Morgan fingerprint density at radius 1 is 1.24 bits per heavy atom. The van der Waals surface area contributed by atoms with Crippen molar-refractivity contribution in [3.8, 4) is 5.75 Å². The van der Waals surface area contributed by atoms with E-state index >= 15 is 0 Å². The van der Waals surface area contributed by atoms with Crippen molar-refractivity contribution in [3.05, 3.63) is 23.8 Å². The Balaban J connectivity index is 2.87. The zero-order valence-electron chi connectivity index (χ0n) is 12.4. The molecule has 1 amide bonds. The molecule has 0 radical (unpaired) electrons. The number of carbonyl (C=O) groups is 1. The summed E-state index contributed by atoms with van der Waals surface area (Å²) in [5, 5.41) is 0. The van der Waals surface area contributed by atoms with Crippen LogP contribution in [0.2, 0.25) is 0 Å². The van der Waals surface area contributed by atoms with E-state index in [-0.39, 0.29) is 17.4 Å². The Bertz CT molecular complexity index is 597. The van der Waals surface area contributed by atoms with Gasteiger partial charge in [0.2, 0.25) is 0 Å². The second-order valence-electron chi connectivity index (χ2n) is 4.42. The predicted molar refractivity (Wildman–Crippen MR) is 82.3 cm³/mol. The van der Waals surface area contributed by atoms with Gasteiger partial charge in [0.1, 0.15) is 5.75 Å². The third kappa shape index (κ3) is 4.89. The number of ether oxygens (including phenoxy) is 1. The van der Waals surface area contributed by atoms with Gasteiger partial charge in [-0.1, -0.05) is 6.92 Å². The summed E-state index contributed by atoms with van der Waals surface area (Å²) in [5.74, 6) is 0.401. The number of nitrogens with zero attached hydrogens (tertiary/aromatic N) is 1. The van der Waals surface area contributed by atoms with Gasteiger partial charge < -0.3 is 9.64 Å². The average Bonchev–Trinajstić information content (AvgIpc) is 2.45. The maximum Gasteiger partial charge on any atom is 0.261 e. The summed E-state index contributed by atoms with van der Waals surface area (Å²) in [7, 11) is 1.55. The van der Waals surface area contributed by atoms with Crippen molar-refractivity contribution >= 4 is 25.6 Å². The Morgan fingerprint density at radius 2 is 1.86 bits per heavy atom. The van der Waals surface area contributed by atoms with Crippen LogP contribution in [0.25, 0.3) is 0 Å². The first-order valence-corrected chi connectivity index (χ1v) is 9.12. The molecule has 0 saturated carbocycles. The molecule has 1 aromatic rings. The number of hydrogen-bond donors (Lipinski definition) is 0. The monoisotopic (exact) mass is 333 g/mol. The third-order valence-corrected chi connectivity index (χ3v) is 4.51. The molecule has 118 valence electrons. The standard InChI is InChI=1S/C14H20ClNO4S/c1-4-11-9-12(21(15,18)19)7-8-13(11)20-10-14(17)16(5-2)6-3/h7-9H,4-6,10H2,1-3H3. The van der Waals surface area contributed by atoms with Crippen molar-refractivity contribution < 1.29 is 17.9 Å². The summed E-state index contributed by atoms with van der Waals surface area (Å²) < 4.78 is 28.1. The van der Waals surface area contributed by atoms with Crippen molar-refractivity contribution in [2.45, 2.75) is 32.1 Å². The molecular weight excluding hydrogens is 314 g/mol. The molecule has 0 aliphatic carbocycles. The number of rotatable bonds is 7. The van der Waals surface area contributed by atoms with E-state index in [9.17, 15) is 13.2 Å². The minimum absolute atomic E-state index is 0.0310. The number of halogens is 1. The molecule has 0 aliphatic heterocycles. The zero-order valence-corrected chi connectivity index (χ0v) is 14.0. The second-order valence-corrected chi connectivity index (χ2v) is 6.98. The first-order valence-electron chi connectivity index (χ1n) is 6.81. The van der Waals surface area contributed by atoms with Crippen LogP contribution in [-0.4, -0.2) is 38.9 Å². The van der Waals surface area contributed by atoms with E-state index in [0.717, 1.165) is 0 Å². The van der Waals surface area contributed by atoms with Gasteiger partial charge in [0.15, 0.2) is 6.61 Å². The fraction of sp³-hybridized carbons (Fsp3) is 0.500. The Kier molecular flexibility index (Phi) is 6.48. The van der Waals surface area contributed by atoms with Crippen LogP contribution in [-0.2, 0) is 20.3 Å². The molecule has 0 saturated heterocycles. The molecule has 1 rings (SSSR count). The molecule has 0 unspecified atom stereocenters. The van der Waals surface area contributed by atoms with Crippen LogP contribution in [0.1, 0.15) is 26.3 Å². The fourth-order valence-corrected chi connectivity index (χ4v) is 2.73. The van der Waals surface area contributed by atoms with Crippen molar-refractivity contribution in [2.24, 2.45) is 0 Å². The Labute approximate surface area is 130 Å². The van der Waals surface area contributed by atoms with Crippen LogP contribution >= 0.6 is 10.7 Å². The molecule has 7 heteroatoms. The molecule has 5 nitrogen and oxygen atoms in total. The summed E-state index contributed by atoms with van der Waals surface area (Å²) in [6.07, 6.45) is 0.578. The van der Waals surface area contributed by atoms with E-state index in [1.54, 1.807) is 4.90 Å². The summed E-state index contributed by atoms with van der Waals surface area (Å²) >= 11 is 0.